The molecule has 1 amide bonds. The predicted molar refractivity (Wildman–Crippen MR) is 103 cm³/mol. The van der Waals surface area contributed by atoms with Gasteiger partial charge in [-0.1, -0.05) is 42.5 Å². The van der Waals surface area contributed by atoms with Gasteiger partial charge in [-0.25, -0.2) is 9.37 Å². The van der Waals surface area contributed by atoms with E-state index < -0.39 is 29.9 Å². The van der Waals surface area contributed by atoms with Crippen molar-refractivity contribution < 1.29 is 22.4 Å². The Kier molecular flexibility index (Phi) is 5.59. The van der Waals surface area contributed by atoms with Crippen molar-refractivity contribution in [1.82, 2.24) is 10.3 Å². The molecule has 0 saturated carbocycles. The molecule has 152 valence electrons. The number of aromatic nitrogens is 1. The minimum atomic E-state index is -4.46. The van der Waals surface area contributed by atoms with E-state index in [1.54, 1.807) is 36.4 Å². The summed E-state index contributed by atoms with van der Waals surface area (Å²) < 4.78 is 53.6. The summed E-state index contributed by atoms with van der Waals surface area (Å²) in [7, 11) is 0. The van der Waals surface area contributed by atoms with Crippen LogP contribution in [0.25, 0.3) is 10.9 Å². The normalized spacial score (nSPS) is 13.9. The molecule has 7 heteroatoms. The molecule has 0 saturated heterocycles. The number of aryl methyl sites for hydroxylation is 1. The fraction of sp³-hybridized carbons (Fsp3) is 0.273. The van der Waals surface area contributed by atoms with Gasteiger partial charge >= 0.3 is 6.18 Å². The number of pyridine rings is 1. The van der Waals surface area contributed by atoms with E-state index in [0.29, 0.717) is 10.9 Å². The molecule has 3 nitrogen and oxygen atoms in total. The van der Waals surface area contributed by atoms with Crippen molar-refractivity contribution >= 4 is 16.8 Å². The zero-order chi connectivity index (χ0) is 21.2. The van der Waals surface area contributed by atoms with E-state index in [1.165, 1.54) is 32.0 Å². The Hall–Kier alpha value is -2.96. The van der Waals surface area contributed by atoms with E-state index in [2.05, 4.69) is 10.3 Å². The van der Waals surface area contributed by atoms with E-state index in [0.717, 1.165) is 0 Å². The first-order chi connectivity index (χ1) is 13.6. The molecule has 0 fully saturated rings. The Morgan fingerprint density at radius 1 is 1.07 bits per heavy atom. The summed E-state index contributed by atoms with van der Waals surface area (Å²) in [5, 5.41) is 2.95. The van der Waals surface area contributed by atoms with Crippen molar-refractivity contribution in [2.45, 2.75) is 38.4 Å². The minimum absolute atomic E-state index is 0.00771. The molecule has 0 aliphatic rings. The number of halogens is 4. The highest BCUT2D eigenvalue weighted by Crippen LogP contribution is 2.30. The average Bonchev–Trinajstić information content (AvgIpc) is 2.61. The van der Waals surface area contributed by atoms with E-state index in [9.17, 15) is 22.4 Å². The van der Waals surface area contributed by atoms with Crippen LogP contribution >= 0.6 is 0 Å². The predicted octanol–water partition coefficient (Wildman–Crippen LogP) is 5.37. The van der Waals surface area contributed by atoms with Crippen LogP contribution in [0.15, 0.2) is 54.6 Å². The number of carbonyl (C=O) groups is 1. The monoisotopic (exact) mass is 404 g/mol. The number of fused-ring (bicyclic) bond motifs is 1. The first kappa shape index (κ1) is 20.8. The number of nitrogens with one attached hydrogen (secondary N) is 1. The van der Waals surface area contributed by atoms with Gasteiger partial charge in [0.2, 0.25) is 0 Å². The van der Waals surface area contributed by atoms with Gasteiger partial charge in [-0.3, -0.25) is 4.79 Å². The summed E-state index contributed by atoms with van der Waals surface area (Å²) >= 11 is 0. The van der Waals surface area contributed by atoms with Gasteiger partial charge in [-0.15, -0.1) is 0 Å². The quantitative estimate of drug-likeness (QED) is 0.581. The zero-order valence-corrected chi connectivity index (χ0v) is 16.0. The lowest BCUT2D eigenvalue weighted by Gasteiger charge is -2.32. The van der Waals surface area contributed by atoms with Crippen LogP contribution in [0.3, 0.4) is 0 Å². The third-order valence-electron chi connectivity index (χ3n) is 4.67. The maximum atomic E-state index is 13.9. The Balaban J connectivity index is 1.94. The highest BCUT2D eigenvalue weighted by molar-refractivity contribution is 5.99. The fourth-order valence-electron chi connectivity index (χ4n) is 3.47. The smallest absolute Gasteiger partial charge is 0.346 e. The molecule has 0 aliphatic carbocycles. The number of alkyl halides is 3. The number of rotatable bonds is 5. The zero-order valence-electron chi connectivity index (χ0n) is 16.0. The van der Waals surface area contributed by atoms with Gasteiger partial charge in [-0.2, -0.15) is 13.2 Å². The summed E-state index contributed by atoms with van der Waals surface area (Å²) in [5.74, 6) is -1.20. The van der Waals surface area contributed by atoms with Gasteiger partial charge in [0.25, 0.3) is 5.91 Å². The van der Waals surface area contributed by atoms with Gasteiger partial charge in [0, 0.05) is 5.39 Å². The van der Waals surface area contributed by atoms with Crippen LogP contribution in [0.5, 0.6) is 0 Å². The molecular formula is C22H20F4N2O. The molecule has 1 atom stereocenters. The lowest BCUT2D eigenvalue weighted by atomic mass is 9.88. The highest BCUT2D eigenvalue weighted by Gasteiger charge is 2.40. The summed E-state index contributed by atoms with van der Waals surface area (Å²) in [6.45, 7) is 2.90. The van der Waals surface area contributed by atoms with Crippen LogP contribution in [0.4, 0.5) is 17.6 Å². The van der Waals surface area contributed by atoms with Crippen LogP contribution < -0.4 is 5.32 Å². The number of hydrogen-bond acceptors (Lipinski definition) is 2. The van der Waals surface area contributed by atoms with Gasteiger partial charge in [0.05, 0.1) is 23.2 Å². The Labute approximate surface area is 165 Å². The summed E-state index contributed by atoms with van der Waals surface area (Å²) in [4.78, 5) is 17.0. The molecule has 0 radical (unpaired) electrons. The van der Waals surface area contributed by atoms with Crippen LogP contribution in [-0.4, -0.2) is 22.6 Å². The molecule has 29 heavy (non-hydrogen) atoms. The first-order valence-electron chi connectivity index (χ1n) is 9.05. The van der Waals surface area contributed by atoms with Crippen molar-refractivity contribution in [2.24, 2.45) is 0 Å². The number of amides is 1. The van der Waals surface area contributed by atoms with Crippen LogP contribution in [0.1, 0.15) is 35.0 Å². The number of nitrogens with zero attached hydrogens (tertiary/aromatic N) is 1. The third kappa shape index (κ3) is 5.10. The Bertz CT molecular complexity index is 1030. The van der Waals surface area contributed by atoms with Crippen LogP contribution in [-0.2, 0) is 6.42 Å². The van der Waals surface area contributed by atoms with Gasteiger partial charge in [0.1, 0.15) is 11.3 Å². The molecular weight excluding hydrogens is 384 g/mol. The number of benzene rings is 2. The second-order valence-corrected chi connectivity index (χ2v) is 7.40. The van der Waals surface area contributed by atoms with Crippen molar-refractivity contribution in [3.8, 4) is 0 Å². The molecule has 3 rings (SSSR count). The van der Waals surface area contributed by atoms with Gasteiger partial charge in [0.15, 0.2) is 0 Å². The number of para-hydroxylation sites is 1. The maximum Gasteiger partial charge on any atom is 0.391 e. The van der Waals surface area contributed by atoms with E-state index in [1.807, 2.05) is 0 Å². The van der Waals surface area contributed by atoms with Crippen molar-refractivity contribution in [1.29, 1.82) is 0 Å². The molecule has 1 aromatic heterocycles. The lowest BCUT2D eigenvalue weighted by molar-refractivity contribution is -0.147. The molecule has 0 unspecified atom stereocenters. The third-order valence-corrected chi connectivity index (χ3v) is 4.67. The molecule has 1 N–H and O–H groups in total. The van der Waals surface area contributed by atoms with Gasteiger partial charge in [-0.05, 0) is 38.0 Å². The van der Waals surface area contributed by atoms with Crippen molar-refractivity contribution in [3.63, 3.8) is 0 Å². The Morgan fingerprint density at radius 3 is 2.41 bits per heavy atom. The largest absolute Gasteiger partial charge is 0.391 e. The molecule has 0 aliphatic heterocycles. The van der Waals surface area contributed by atoms with Crippen LogP contribution in [0, 0.1) is 12.7 Å². The summed E-state index contributed by atoms with van der Waals surface area (Å²) in [5.41, 5.74) is -0.405. The molecule has 1 heterocycles. The fourth-order valence-corrected chi connectivity index (χ4v) is 3.47. The van der Waals surface area contributed by atoms with Gasteiger partial charge < -0.3 is 5.32 Å². The summed E-state index contributed by atoms with van der Waals surface area (Å²) in [6.07, 6.45) is -5.64. The van der Waals surface area contributed by atoms with Crippen LogP contribution in [0.2, 0.25) is 0 Å². The van der Waals surface area contributed by atoms with E-state index >= 15 is 0 Å². The van der Waals surface area contributed by atoms with Crippen molar-refractivity contribution in [3.05, 3.63) is 77.2 Å². The standard InChI is InChI=1S/C22H20F4N2O/c1-14-17(11-16-9-6-10-18(23)19(16)27-14)20(29)28-21(2,13-22(24,25)26)12-15-7-4-3-5-8-15/h3-11H,12-13H2,1-2H3,(H,28,29)/t21-/m1/s1. The van der Waals surface area contributed by atoms with E-state index in [4.69, 9.17) is 0 Å². The molecule has 2 aromatic carbocycles. The second-order valence-electron chi connectivity index (χ2n) is 7.40. The number of carbonyl (C=O) groups excluding carboxylic acids is 1. The molecule has 3 aromatic rings. The van der Waals surface area contributed by atoms with Crippen molar-refractivity contribution in [2.75, 3.05) is 0 Å². The Morgan fingerprint density at radius 2 is 1.76 bits per heavy atom. The van der Waals surface area contributed by atoms with E-state index in [-0.39, 0.29) is 23.2 Å². The number of hydrogen-bond donors (Lipinski definition) is 1. The molecule has 0 bridgehead atoms. The lowest BCUT2D eigenvalue weighted by Crippen LogP contribution is -2.50. The highest BCUT2D eigenvalue weighted by atomic mass is 19.4. The SMILES string of the molecule is Cc1nc2c(F)cccc2cc1C(=O)N[C@](C)(Cc1ccccc1)CC(F)(F)F. The average molecular weight is 404 g/mol. The molecule has 0 spiro atoms. The summed E-state index contributed by atoms with van der Waals surface area (Å²) in [6, 6.07) is 14.5. The second kappa shape index (κ2) is 7.81. The minimum Gasteiger partial charge on any atom is -0.346 e. The topological polar surface area (TPSA) is 42.0 Å². The maximum absolute atomic E-state index is 13.9. The first-order valence-corrected chi connectivity index (χ1v) is 9.05.